The predicted molar refractivity (Wildman–Crippen MR) is 160 cm³/mol. The number of fused-ring (bicyclic) bond motifs is 1. The van der Waals surface area contributed by atoms with E-state index in [9.17, 15) is 10.2 Å². The number of aryl methyl sites for hydroxylation is 1. The fourth-order valence-corrected chi connectivity index (χ4v) is 6.74. The van der Waals surface area contributed by atoms with Gasteiger partial charge in [0.2, 0.25) is 5.95 Å². The van der Waals surface area contributed by atoms with Crippen LogP contribution in [0.3, 0.4) is 0 Å². The van der Waals surface area contributed by atoms with Crippen LogP contribution in [0.2, 0.25) is 0 Å². The van der Waals surface area contributed by atoms with Gasteiger partial charge in [-0.25, -0.2) is 23.6 Å². The molecule has 5 heterocycles. The third kappa shape index (κ3) is 5.54. The van der Waals surface area contributed by atoms with E-state index in [2.05, 4.69) is 39.3 Å². The van der Waals surface area contributed by atoms with Crippen molar-refractivity contribution in [1.29, 1.82) is 0 Å². The lowest BCUT2D eigenvalue weighted by atomic mass is 10.1. The maximum atomic E-state index is 15.3. The number of anilines is 3. The van der Waals surface area contributed by atoms with E-state index in [1.807, 2.05) is 13.0 Å². The summed E-state index contributed by atoms with van der Waals surface area (Å²) >= 11 is 1.65. The SMILES string of the molecule is Cc1cc(Nc2ncc3ccn(-c4cc(F)c(C(O)(O)N5CCSCC5)c(F)c4)c3n2)cnc1N1CC(C)NC(C)C1. The second kappa shape index (κ2) is 11.4. The third-order valence-electron chi connectivity index (χ3n) is 7.68. The zero-order chi connectivity index (χ0) is 29.6. The average molecular weight is 597 g/mol. The van der Waals surface area contributed by atoms with E-state index in [-0.39, 0.29) is 5.69 Å². The Morgan fingerprint density at radius 2 is 1.71 bits per heavy atom. The van der Waals surface area contributed by atoms with Crippen LogP contribution in [0, 0.1) is 18.6 Å². The molecule has 2 aliphatic rings. The number of nitrogens with one attached hydrogen (secondary N) is 2. The van der Waals surface area contributed by atoms with Crippen LogP contribution >= 0.6 is 11.8 Å². The smallest absolute Gasteiger partial charge is 0.259 e. The zero-order valence-corrected chi connectivity index (χ0v) is 24.5. The molecule has 2 fully saturated rings. The van der Waals surface area contributed by atoms with Crippen LogP contribution < -0.4 is 15.5 Å². The summed E-state index contributed by atoms with van der Waals surface area (Å²) in [6.45, 7) is 8.70. The van der Waals surface area contributed by atoms with Crippen LogP contribution in [0.1, 0.15) is 25.0 Å². The van der Waals surface area contributed by atoms with E-state index in [4.69, 9.17) is 4.98 Å². The molecule has 2 atom stereocenters. The minimum absolute atomic E-state index is 0.153. The van der Waals surface area contributed by atoms with Gasteiger partial charge in [0.15, 0.2) is 0 Å². The minimum atomic E-state index is -2.76. The van der Waals surface area contributed by atoms with Crippen molar-refractivity contribution in [3.8, 4) is 5.69 Å². The Labute approximate surface area is 246 Å². The van der Waals surface area contributed by atoms with E-state index in [0.717, 1.165) is 36.6 Å². The summed E-state index contributed by atoms with van der Waals surface area (Å²) < 4.78 is 32.1. The molecule has 2 saturated heterocycles. The van der Waals surface area contributed by atoms with E-state index in [1.165, 1.54) is 9.47 Å². The first-order chi connectivity index (χ1) is 20.1. The Bertz CT molecular complexity index is 1580. The van der Waals surface area contributed by atoms with Gasteiger partial charge < -0.3 is 30.3 Å². The van der Waals surface area contributed by atoms with Crippen LogP contribution in [-0.4, -0.2) is 84.4 Å². The van der Waals surface area contributed by atoms with Crippen LogP contribution in [-0.2, 0) is 5.91 Å². The highest BCUT2D eigenvalue weighted by Crippen LogP contribution is 2.32. The second-order valence-electron chi connectivity index (χ2n) is 11.0. The molecule has 0 aliphatic carbocycles. The van der Waals surface area contributed by atoms with Crippen molar-refractivity contribution in [1.82, 2.24) is 29.7 Å². The number of aromatic nitrogens is 4. The monoisotopic (exact) mass is 596 g/mol. The predicted octanol–water partition coefficient (Wildman–Crippen LogP) is 3.48. The summed E-state index contributed by atoms with van der Waals surface area (Å²) in [7, 11) is 0. The molecular formula is C29H34F2N8O2S. The van der Waals surface area contributed by atoms with Crippen molar-refractivity contribution >= 4 is 40.2 Å². The van der Waals surface area contributed by atoms with Crippen molar-refractivity contribution in [2.24, 2.45) is 0 Å². The standard InChI is InChI=1S/C29H34F2N8O2S/c1-17-10-21(14-32-26(17)37-15-18(2)34-19(3)16-37)35-28-33-13-20-4-5-39(27(20)36-28)22-11-23(30)25(24(31)12-22)29(40,41)38-6-8-42-9-7-38/h4-5,10-14,18-19,34,40-41H,6-9,15-16H2,1-3H3,(H,33,35,36). The fourth-order valence-electron chi connectivity index (χ4n) is 5.84. The highest BCUT2D eigenvalue weighted by molar-refractivity contribution is 7.99. The molecule has 0 amide bonds. The number of pyridine rings is 1. The number of hydrogen-bond donors (Lipinski definition) is 4. The van der Waals surface area contributed by atoms with Gasteiger partial charge in [-0.05, 0) is 50.6 Å². The first-order valence-corrected chi connectivity index (χ1v) is 15.1. The molecule has 10 nitrogen and oxygen atoms in total. The zero-order valence-electron chi connectivity index (χ0n) is 23.7. The fraction of sp³-hybridized carbons (Fsp3) is 0.414. The lowest BCUT2D eigenvalue weighted by Crippen LogP contribution is -2.54. The number of aliphatic hydroxyl groups is 2. The van der Waals surface area contributed by atoms with Crippen molar-refractivity contribution in [2.45, 2.75) is 38.8 Å². The molecule has 0 radical (unpaired) electrons. The molecule has 0 spiro atoms. The average Bonchev–Trinajstić information content (AvgIpc) is 3.36. The summed E-state index contributed by atoms with van der Waals surface area (Å²) in [6.07, 6.45) is 5.01. The molecule has 0 bridgehead atoms. The first-order valence-electron chi connectivity index (χ1n) is 14.0. The summed E-state index contributed by atoms with van der Waals surface area (Å²) in [6, 6.07) is 6.63. The van der Waals surface area contributed by atoms with Gasteiger partial charge in [-0.2, -0.15) is 16.7 Å². The summed E-state index contributed by atoms with van der Waals surface area (Å²) in [5.41, 5.74) is 1.52. The van der Waals surface area contributed by atoms with Gasteiger partial charge in [-0.3, -0.25) is 0 Å². The topological polar surface area (TPSA) is 115 Å². The highest BCUT2D eigenvalue weighted by Gasteiger charge is 2.40. The third-order valence-corrected chi connectivity index (χ3v) is 8.63. The molecule has 13 heteroatoms. The van der Waals surface area contributed by atoms with Gasteiger partial charge in [0.25, 0.3) is 5.91 Å². The van der Waals surface area contributed by atoms with Crippen molar-refractivity contribution in [2.75, 3.05) is 47.9 Å². The molecule has 1 aromatic carbocycles. The Balaban J connectivity index is 1.26. The molecule has 0 saturated carbocycles. The quantitative estimate of drug-likeness (QED) is 0.247. The Morgan fingerprint density at radius 1 is 1.02 bits per heavy atom. The number of rotatable bonds is 6. The second-order valence-corrected chi connectivity index (χ2v) is 12.3. The van der Waals surface area contributed by atoms with E-state index in [0.29, 0.717) is 59.3 Å². The highest BCUT2D eigenvalue weighted by atomic mass is 32.2. The van der Waals surface area contributed by atoms with Crippen molar-refractivity contribution in [3.05, 3.63) is 65.6 Å². The number of hydrogen-bond acceptors (Lipinski definition) is 10. The largest absolute Gasteiger partial charge is 0.353 e. The molecular weight excluding hydrogens is 562 g/mol. The Hall–Kier alpha value is -3.36. The molecule has 2 aliphatic heterocycles. The van der Waals surface area contributed by atoms with Crippen molar-refractivity contribution in [3.63, 3.8) is 0 Å². The van der Waals surface area contributed by atoms with E-state index in [1.54, 1.807) is 36.4 Å². The van der Waals surface area contributed by atoms with Gasteiger partial charge in [0, 0.05) is 67.5 Å². The summed E-state index contributed by atoms with van der Waals surface area (Å²) in [4.78, 5) is 17.3. The lowest BCUT2D eigenvalue weighted by Gasteiger charge is -2.37. The molecule has 4 aromatic rings. The van der Waals surface area contributed by atoms with Crippen LogP contribution in [0.4, 0.5) is 26.2 Å². The number of piperazine rings is 1. The van der Waals surface area contributed by atoms with E-state index < -0.39 is 23.1 Å². The molecule has 6 rings (SSSR count). The molecule has 2 unspecified atom stereocenters. The molecule has 42 heavy (non-hydrogen) atoms. The maximum absolute atomic E-state index is 15.3. The summed E-state index contributed by atoms with van der Waals surface area (Å²) in [5, 5.41) is 28.8. The number of halogens is 2. The lowest BCUT2D eigenvalue weighted by molar-refractivity contribution is -0.276. The Kier molecular flexibility index (Phi) is 7.79. The van der Waals surface area contributed by atoms with Gasteiger partial charge in [0.1, 0.15) is 23.1 Å². The van der Waals surface area contributed by atoms with Crippen LogP contribution in [0.25, 0.3) is 16.7 Å². The van der Waals surface area contributed by atoms with Crippen LogP contribution in [0.15, 0.2) is 42.9 Å². The van der Waals surface area contributed by atoms with Gasteiger partial charge in [-0.15, -0.1) is 0 Å². The maximum Gasteiger partial charge on any atom is 0.259 e. The number of thioether (sulfide) groups is 1. The molecule has 3 aromatic heterocycles. The number of nitrogens with zero attached hydrogens (tertiary/aromatic N) is 6. The first kappa shape index (κ1) is 28.7. The van der Waals surface area contributed by atoms with Gasteiger partial charge in [0.05, 0.1) is 23.1 Å². The molecule has 222 valence electrons. The van der Waals surface area contributed by atoms with E-state index >= 15 is 8.78 Å². The van der Waals surface area contributed by atoms with Crippen molar-refractivity contribution < 1.29 is 19.0 Å². The minimum Gasteiger partial charge on any atom is -0.353 e. The Morgan fingerprint density at radius 3 is 2.38 bits per heavy atom. The number of benzene rings is 1. The van der Waals surface area contributed by atoms with Gasteiger partial charge in [-0.1, -0.05) is 0 Å². The van der Waals surface area contributed by atoms with Crippen LogP contribution in [0.5, 0.6) is 0 Å². The summed E-state index contributed by atoms with van der Waals surface area (Å²) in [5.74, 6) is -2.35. The van der Waals surface area contributed by atoms with Gasteiger partial charge >= 0.3 is 0 Å². The normalized spacial score (nSPS) is 20.3. The molecule has 4 N–H and O–H groups in total.